The van der Waals surface area contributed by atoms with E-state index in [1.807, 2.05) is 12.1 Å². The summed E-state index contributed by atoms with van der Waals surface area (Å²) >= 11 is 0. The zero-order valence-electron chi connectivity index (χ0n) is 14.6. The molecule has 0 radical (unpaired) electrons. The molecule has 3 aliphatic rings. The number of methoxy groups -OCH3 is 2. The van der Waals surface area contributed by atoms with Crippen LogP contribution in [-0.4, -0.2) is 56.3 Å². The van der Waals surface area contributed by atoms with Gasteiger partial charge in [0.1, 0.15) is 12.6 Å². The van der Waals surface area contributed by atoms with Crippen molar-refractivity contribution in [2.45, 2.75) is 37.0 Å². The van der Waals surface area contributed by atoms with Crippen molar-refractivity contribution in [2.24, 2.45) is 0 Å². The van der Waals surface area contributed by atoms with Gasteiger partial charge in [-0.3, -0.25) is 4.48 Å². The van der Waals surface area contributed by atoms with Gasteiger partial charge in [-0.1, -0.05) is 12.2 Å². The maximum Gasteiger partial charge on any atom is 0.182 e. The number of aliphatic hydroxyl groups is 1. The first-order chi connectivity index (χ1) is 11.5. The van der Waals surface area contributed by atoms with Crippen molar-refractivity contribution in [1.29, 1.82) is 0 Å². The Kier molecular flexibility index (Phi) is 3.64. The largest absolute Gasteiger partial charge is 0.493 e. The van der Waals surface area contributed by atoms with Crippen LogP contribution in [0.4, 0.5) is 0 Å². The van der Waals surface area contributed by atoms with E-state index in [0.717, 1.165) is 35.5 Å². The molecule has 0 amide bonds. The van der Waals surface area contributed by atoms with Gasteiger partial charge in [0.25, 0.3) is 0 Å². The molecule has 130 valence electrons. The van der Waals surface area contributed by atoms with E-state index in [1.54, 1.807) is 14.2 Å². The molecule has 4 atom stereocenters. The molecule has 1 aromatic rings. The van der Waals surface area contributed by atoms with E-state index < -0.39 is 6.10 Å². The minimum atomic E-state index is -0.438. The van der Waals surface area contributed by atoms with Gasteiger partial charge in [0.05, 0.1) is 32.2 Å². The molecule has 2 unspecified atom stereocenters. The van der Waals surface area contributed by atoms with Crippen LogP contribution < -0.4 is 9.47 Å². The molecule has 4 rings (SSSR count). The Hall–Kier alpha value is -1.56. The Bertz CT molecular complexity index is 688. The van der Waals surface area contributed by atoms with Gasteiger partial charge in [-0.05, 0) is 12.1 Å². The summed E-state index contributed by atoms with van der Waals surface area (Å²) in [6.45, 7) is 2.60. The van der Waals surface area contributed by atoms with Crippen LogP contribution in [0.2, 0.25) is 0 Å². The Morgan fingerprint density at radius 3 is 2.96 bits per heavy atom. The molecule has 0 aromatic heterocycles. The van der Waals surface area contributed by atoms with E-state index in [2.05, 4.69) is 19.2 Å². The van der Waals surface area contributed by atoms with E-state index in [0.29, 0.717) is 13.2 Å². The third kappa shape index (κ3) is 2.19. The fourth-order valence-corrected chi connectivity index (χ4v) is 4.70. The highest BCUT2D eigenvalue weighted by molar-refractivity contribution is 5.60. The lowest BCUT2D eigenvalue weighted by molar-refractivity contribution is -0.939. The normalized spacial score (nSPS) is 36.5. The maximum atomic E-state index is 10.1. The van der Waals surface area contributed by atoms with E-state index in [4.69, 9.17) is 14.2 Å². The number of rotatable bonds is 3. The first-order valence-corrected chi connectivity index (χ1v) is 8.58. The van der Waals surface area contributed by atoms with Crippen LogP contribution in [0.1, 0.15) is 24.0 Å². The minimum Gasteiger partial charge on any atom is -0.493 e. The highest BCUT2D eigenvalue weighted by Gasteiger charge is 2.54. The number of nitrogens with zero attached hydrogens (tertiary/aromatic N) is 1. The fourth-order valence-electron chi connectivity index (χ4n) is 4.70. The van der Waals surface area contributed by atoms with Gasteiger partial charge in [0.2, 0.25) is 0 Å². The number of hydrogen-bond donors (Lipinski definition) is 1. The summed E-state index contributed by atoms with van der Waals surface area (Å²) in [6, 6.07) is 4.17. The van der Waals surface area contributed by atoms with Crippen LogP contribution in [0, 0.1) is 0 Å². The van der Waals surface area contributed by atoms with Gasteiger partial charge < -0.3 is 19.3 Å². The summed E-state index contributed by atoms with van der Waals surface area (Å²) in [7, 11) is 5.69. The van der Waals surface area contributed by atoms with Gasteiger partial charge in [-0.2, -0.15) is 0 Å². The predicted molar refractivity (Wildman–Crippen MR) is 90.1 cm³/mol. The summed E-state index contributed by atoms with van der Waals surface area (Å²) in [5.41, 5.74) is 2.39. The lowest BCUT2D eigenvalue weighted by atomic mass is 9.69. The lowest BCUT2D eigenvalue weighted by Crippen LogP contribution is -2.47. The molecule has 2 aliphatic heterocycles. The maximum absolute atomic E-state index is 10.1. The molecular formula is C19H26NO4+. The van der Waals surface area contributed by atoms with Crippen LogP contribution in [0.5, 0.6) is 11.5 Å². The molecule has 0 fully saturated rings. The molecule has 1 N–H and O–H groups in total. The lowest BCUT2D eigenvalue weighted by Gasteiger charge is -2.37. The van der Waals surface area contributed by atoms with Gasteiger partial charge in [0.15, 0.2) is 18.2 Å². The third-order valence-corrected chi connectivity index (χ3v) is 5.86. The van der Waals surface area contributed by atoms with Crippen molar-refractivity contribution in [3.63, 3.8) is 0 Å². The molecule has 0 saturated heterocycles. The molecule has 2 heterocycles. The van der Waals surface area contributed by atoms with Crippen molar-refractivity contribution in [3.8, 4) is 11.5 Å². The molecule has 24 heavy (non-hydrogen) atoms. The summed E-state index contributed by atoms with van der Waals surface area (Å²) < 4.78 is 18.2. The number of quaternary nitrogens is 1. The smallest absolute Gasteiger partial charge is 0.182 e. The van der Waals surface area contributed by atoms with E-state index in [-0.39, 0.29) is 11.5 Å². The van der Waals surface area contributed by atoms with Gasteiger partial charge in [0, 0.05) is 31.1 Å². The van der Waals surface area contributed by atoms with Crippen molar-refractivity contribution in [1.82, 2.24) is 0 Å². The van der Waals surface area contributed by atoms with Crippen LogP contribution >= 0.6 is 0 Å². The van der Waals surface area contributed by atoms with Crippen LogP contribution in [0.25, 0.3) is 0 Å². The molecule has 5 nitrogen and oxygen atoms in total. The van der Waals surface area contributed by atoms with Gasteiger partial charge >= 0.3 is 0 Å². The third-order valence-electron chi connectivity index (χ3n) is 5.86. The number of ether oxygens (including phenoxy) is 3. The Morgan fingerprint density at radius 2 is 2.21 bits per heavy atom. The SMILES string of the molecule is COC[N+]1(C)CCC23C=C[C@H](O)C[C@@H]2Oc2c(OC)ccc(c23)C1. The second-order valence-corrected chi connectivity index (χ2v) is 7.61. The quantitative estimate of drug-likeness (QED) is 0.679. The first kappa shape index (κ1) is 15.9. The number of aliphatic hydroxyl groups excluding tert-OH is 1. The molecule has 0 bridgehead atoms. The van der Waals surface area contributed by atoms with Crippen molar-refractivity contribution < 1.29 is 23.8 Å². The second kappa shape index (κ2) is 5.48. The summed E-state index contributed by atoms with van der Waals surface area (Å²) in [5.74, 6) is 1.65. The number of hydrogen-bond acceptors (Lipinski definition) is 4. The Morgan fingerprint density at radius 1 is 1.38 bits per heavy atom. The standard InChI is InChI=1S/C19H26NO4/c1-20(12-22-2)9-8-19-7-6-14(21)10-16(19)24-18-15(23-3)5-4-13(11-20)17(18)19/h4-7,14,16,21H,8-12H2,1-3H3/q+1/t14-,16-,19?,20?/m0/s1. The van der Waals surface area contributed by atoms with Crippen LogP contribution in [0.3, 0.4) is 0 Å². The van der Waals surface area contributed by atoms with Crippen molar-refractivity contribution in [2.75, 3.05) is 34.5 Å². The van der Waals surface area contributed by atoms with Gasteiger partial charge in [-0.15, -0.1) is 0 Å². The van der Waals surface area contributed by atoms with E-state index >= 15 is 0 Å². The van der Waals surface area contributed by atoms with E-state index in [1.165, 1.54) is 11.1 Å². The molecule has 1 aromatic carbocycles. The zero-order chi connectivity index (χ0) is 16.9. The minimum absolute atomic E-state index is 0.0309. The topological polar surface area (TPSA) is 47.9 Å². The molecule has 1 aliphatic carbocycles. The van der Waals surface area contributed by atoms with E-state index in [9.17, 15) is 5.11 Å². The highest BCUT2D eigenvalue weighted by atomic mass is 16.5. The molecule has 0 saturated carbocycles. The summed E-state index contributed by atoms with van der Waals surface area (Å²) in [5, 5.41) is 10.1. The van der Waals surface area contributed by atoms with Crippen LogP contribution in [0.15, 0.2) is 24.3 Å². The average molecular weight is 332 g/mol. The zero-order valence-corrected chi connectivity index (χ0v) is 14.6. The monoisotopic (exact) mass is 332 g/mol. The van der Waals surface area contributed by atoms with Crippen molar-refractivity contribution in [3.05, 3.63) is 35.4 Å². The summed E-state index contributed by atoms with van der Waals surface area (Å²) in [4.78, 5) is 0. The van der Waals surface area contributed by atoms with Crippen molar-refractivity contribution >= 4 is 0 Å². The molecular weight excluding hydrogens is 306 g/mol. The fraction of sp³-hybridized carbons (Fsp3) is 0.579. The molecule has 5 heteroatoms. The number of benzene rings is 1. The van der Waals surface area contributed by atoms with Gasteiger partial charge in [-0.25, -0.2) is 0 Å². The Balaban J connectivity index is 1.90. The van der Waals surface area contributed by atoms with Crippen LogP contribution in [-0.2, 0) is 16.7 Å². The molecule has 1 spiro atoms. The average Bonchev–Trinajstić information content (AvgIpc) is 2.82. The summed E-state index contributed by atoms with van der Waals surface area (Å²) in [6.07, 6.45) is 5.26. The highest BCUT2D eigenvalue weighted by Crippen LogP contribution is 2.56. The second-order valence-electron chi connectivity index (χ2n) is 7.61. The Labute approximate surface area is 143 Å². The predicted octanol–water partition coefficient (Wildman–Crippen LogP) is 1.97. The first-order valence-electron chi connectivity index (χ1n) is 8.58.